The normalized spacial score (nSPS) is 11.3. The molecule has 0 saturated heterocycles. The lowest BCUT2D eigenvalue weighted by atomic mass is 10.1. The van der Waals surface area contributed by atoms with Crippen LogP contribution in [0.15, 0.2) is 72.8 Å². The van der Waals surface area contributed by atoms with Crippen molar-refractivity contribution in [3.63, 3.8) is 0 Å². The molecule has 0 fully saturated rings. The Morgan fingerprint density at radius 2 is 1.32 bits per heavy atom. The maximum Gasteiger partial charge on any atom is 0.232 e. The third-order valence-corrected chi connectivity index (χ3v) is 6.40. The SMILES string of the molecule is CCCCCS(=O)(=O)Nc1ccc(Nc2c3ccccc3nc3ccccc23)cc1.Cl. The second-order valence-electron chi connectivity index (χ2n) is 7.35. The maximum absolute atomic E-state index is 12.2. The van der Waals surface area contributed by atoms with E-state index in [1.165, 1.54) is 0 Å². The number of fused-ring (bicyclic) bond motifs is 2. The van der Waals surface area contributed by atoms with Crippen LogP contribution in [0.4, 0.5) is 17.1 Å². The van der Waals surface area contributed by atoms with Crippen LogP contribution in [-0.4, -0.2) is 19.2 Å². The van der Waals surface area contributed by atoms with Gasteiger partial charge in [-0.3, -0.25) is 4.72 Å². The monoisotopic (exact) mass is 455 g/mol. The van der Waals surface area contributed by atoms with Crippen molar-refractivity contribution in [2.75, 3.05) is 15.8 Å². The standard InChI is InChI=1S/C24H25N3O2S.ClH/c1-2-3-8-17-30(28,29)27-19-15-13-18(14-16-19)25-24-20-9-4-6-11-22(20)26-23-12-7-5-10-21(23)24;/h4-7,9-16,27H,2-3,8,17H2,1H3,(H,25,26);1H. The van der Waals surface area contributed by atoms with Crippen LogP contribution in [0.25, 0.3) is 21.8 Å². The summed E-state index contributed by atoms with van der Waals surface area (Å²) in [6.07, 6.45) is 2.58. The number of benzene rings is 3. The van der Waals surface area contributed by atoms with Crippen molar-refractivity contribution < 1.29 is 8.42 Å². The summed E-state index contributed by atoms with van der Waals surface area (Å²) in [6.45, 7) is 2.06. The van der Waals surface area contributed by atoms with Crippen LogP contribution in [0, 0.1) is 0 Å². The first-order valence-corrected chi connectivity index (χ1v) is 11.9. The number of nitrogens with zero attached hydrogens (tertiary/aromatic N) is 1. The number of halogens is 1. The Bertz CT molecular complexity index is 1220. The fourth-order valence-electron chi connectivity index (χ4n) is 3.51. The number of aromatic nitrogens is 1. The van der Waals surface area contributed by atoms with Crippen LogP contribution in [0.1, 0.15) is 26.2 Å². The van der Waals surface area contributed by atoms with Gasteiger partial charge in [-0.25, -0.2) is 13.4 Å². The highest BCUT2D eigenvalue weighted by Crippen LogP contribution is 2.33. The lowest BCUT2D eigenvalue weighted by molar-refractivity contribution is 0.596. The van der Waals surface area contributed by atoms with E-state index in [0.29, 0.717) is 12.1 Å². The molecule has 1 heterocycles. The second kappa shape index (κ2) is 9.98. The largest absolute Gasteiger partial charge is 0.354 e. The molecule has 4 aromatic rings. The minimum atomic E-state index is -3.31. The highest BCUT2D eigenvalue weighted by molar-refractivity contribution is 7.92. The van der Waals surface area contributed by atoms with Gasteiger partial charge in [-0.2, -0.15) is 0 Å². The van der Waals surface area contributed by atoms with E-state index in [1.807, 2.05) is 48.5 Å². The molecule has 162 valence electrons. The van der Waals surface area contributed by atoms with Crippen molar-refractivity contribution in [3.8, 4) is 0 Å². The van der Waals surface area contributed by atoms with Crippen LogP contribution in [0.5, 0.6) is 0 Å². The molecule has 0 aliphatic carbocycles. The van der Waals surface area contributed by atoms with Crippen molar-refractivity contribution in [2.24, 2.45) is 0 Å². The molecule has 2 N–H and O–H groups in total. The van der Waals surface area contributed by atoms with Crippen molar-refractivity contribution in [1.29, 1.82) is 0 Å². The molecule has 0 unspecified atom stereocenters. The van der Waals surface area contributed by atoms with Gasteiger partial charge in [0.15, 0.2) is 0 Å². The van der Waals surface area contributed by atoms with Gasteiger partial charge < -0.3 is 5.32 Å². The first kappa shape index (κ1) is 22.8. The first-order valence-electron chi connectivity index (χ1n) is 10.2. The zero-order valence-corrected chi connectivity index (χ0v) is 19.0. The third kappa shape index (κ3) is 5.46. The predicted molar refractivity (Wildman–Crippen MR) is 133 cm³/mol. The quantitative estimate of drug-likeness (QED) is 0.235. The highest BCUT2D eigenvalue weighted by Gasteiger charge is 2.11. The summed E-state index contributed by atoms with van der Waals surface area (Å²) in [5.74, 6) is 0.149. The number of para-hydroxylation sites is 2. The Kier molecular flexibility index (Phi) is 7.36. The molecule has 4 rings (SSSR count). The van der Waals surface area contributed by atoms with Crippen LogP contribution in [0.3, 0.4) is 0 Å². The van der Waals surface area contributed by atoms with Gasteiger partial charge >= 0.3 is 0 Å². The van der Waals surface area contributed by atoms with E-state index in [2.05, 4.69) is 29.1 Å². The number of unbranched alkanes of at least 4 members (excludes halogenated alkanes) is 2. The minimum Gasteiger partial charge on any atom is -0.354 e. The number of hydrogen-bond donors (Lipinski definition) is 2. The van der Waals surface area contributed by atoms with E-state index < -0.39 is 10.0 Å². The molecule has 3 aromatic carbocycles. The zero-order valence-electron chi connectivity index (χ0n) is 17.3. The topological polar surface area (TPSA) is 71.1 Å². The smallest absolute Gasteiger partial charge is 0.232 e. The molecule has 0 aliphatic heterocycles. The summed E-state index contributed by atoms with van der Waals surface area (Å²) in [6, 6.07) is 23.4. The van der Waals surface area contributed by atoms with E-state index in [0.717, 1.165) is 46.0 Å². The molecule has 0 amide bonds. The van der Waals surface area contributed by atoms with E-state index in [4.69, 9.17) is 4.98 Å². The zero-order chi connectivity index (χ0) is 21.0. The molecular formula is C24H26ClN3O2S. The van der Waals surface area contributed by atoms with E-state index in [-0.39, 0.29) is 18.2 Å². The Labute approximate surface area is 189 Å². The summed E-state index contributed by atoms with van der Waals surface area (Å²) in [5, 5.41) is 5.58. The van der Waals surface area contributed by atoms with E-state index >= 15 is 0 Å². The van der Waals surface area contributed by atoms with Crippen LogP contribution in [0.2, 0.25) is 0 Å². The molecule has 0 bridgehead atoms. The van der Waals surface area contributed by atoms with Crippen LogP contribution >= 0.6 is 12.4 Å². The Hall–Kier alpha value is -2.83. The average molecular weight is 456 g/mol. The van der Waals surface area contributed by atoms with Gasteiger partial charge in [-0.05, 0) is 42.8 Å². The summed E-state index contributed by atoms with van der Waals surface area (Å²) in [4.78, 5) is 4.75. The summed E-state index contributed by atoms with van der Waals surface area (Å²) in [5.41, 5.74) is 4.29. The summed E-state index contributed by atoms with van der Waals surface area (Å²) >= 11 is 0. The number of anilines is 3. The van der Waals surface area contributed by atoms with E-state index in [1.54, 1.807) is 12.1 Å². The van der Waals surface area contributed by atoms with Crippen LogP contribution in [-0.2, 0) is 10.0 Å². The van der Waals surface area contributed by atoms with Crippen molar-refractivity contribution in [1.82, 2.24) is 4.98 Å². The molecule has 7 heteroatoms. The van der Waals surface area contributed by atoms with Gasteiger partial charge in [0.25, 0.3) is 0 Å². The van der Waals surface area contributed by atoms with Crippen molar-refractivity contribution in [2.45, 2.75) is 26.2 Å². The predicted octanol–water partition coefficient (Wildman–Crippen LogP) is 6.49. The Balaban J connectivity index is 0.00000272. The van der Waals surface area contributed by atoms with Gasteiger partial charge in [-0.15, -0.1) is 12.4 Å². The molecule has 0 radical (unpaired) electrons. The number of nitrogens with one attached hydrogen (secondary N) is 2. The van der Waals surface area contributed by atoms with Gasteiger partial charge in [0.1, 0.15) is 0 Å². The van der Waals surface area contributed by atoms with Gasteiger partial charge in [0.2, 0.25) is 10.0 Å². The number of pyridine rings is 1. The molecule has 31 heavy (non-hydrogen) atoms. The van der Waals surface area contributed by atoms with Crippen molar-refractivity contribution >= 4 is 61.3 Å². The number of rotatable bonds is 8. The lowest BCUT2D eigenvalue weighted by Gasteiger charge is -2.14. The Morgan fingerprint density at radius 3 is 1.90 bits per heavy atom. The number of sulfonamides is 1. The van der Waals surface area contributed by atoms with E-state index in [9.17, 15) is 8.42 Å². The molecule has 0 atom stereocenters. The van der Waals surface area contributed by atoms with Gasteiger partial charge in [-0.1, -0.05) is 56.2 Å². The number of hydrogen-bond acceptors (Lipinski definition) is 4. The minimum absolute atomic E-state index is 0. The highest BCUT2D eigenvalue weighted by atomic mass is 35.5. The molecule has 0 aliphatic rings. The summed E-state index contributed by atoms with van der Waals surface area (Å²) < 4.78 is 27.1. The van der Waals surface area contributed by atoms with Gasteiger partial charge in [0, 0.05) is 22.1 Å². The van der Waals surface area contributed by atoms with Crippen molar-refractivity contribution in [3.05, 3.63) is 72.8 Å². The maximum atomic E-state index is 12.2. The Morgan fingerprint density at radius 1 is 0.774 bits per heavy atom. The molecule has 0 saturated carbocycles. The second-order valence-corrected chi connectivity index (χ2v) is 9.19. The molecule has 0 spiro atoms. The third-order valence-electron chi connectivity index (χ3n) is 5.03. The molecular weight excluding hydrogens is 430 g/mol. The molecule has 5 nitrogen and oxygen atoms in total. The lowest BCUT2D eigenvalue weighted by Crippen LogP contribution is -2.16. The first-order chi connectivity index (χ1) is 14.6. The summed E-state index contributed by atoms with van der Waals surface area (Å²) in [7, 11) is -3.31. The average Bonchev–Trinajstić information content (AvgIpc) is 2.75. The molecule has 1 aromatic heterocycles. The van der Waals surface area contributed by atoms with Gasteiger partial charge in [0.05, 0.1) is 22.5 Å². The van der Waals surface area contributed by atoms with Crippen LogP contribution < -0.4 is 10.0 Å². The fourth-order valence-corrected chi connectivity index (χ4v) is 4.69. The fraction of sp³-hybridized carbons (Fsp3) is 0.208.